The molecule has 0 spiro atoms. The molecular weight excluding hydrogens is 358 g/mol. The van der Waals surface area contributed by atoms with Gasteiger partial charge in [-0.1, -0.05) is 42.1 Å². The monoisotopic (exact) mass is 381 g/mol. The number of rotatable bonds is 4. The number of benzene rings is 1. The van der Waals surface area contributed by atoms with Crippen molar-refractivity contribution in [3.05, 3.63) is 53.3 Å². The molecule has 2 aromatic heterocycles. The summed E-state index contributed by atoms with van der Waals surface area (Å²) in [5.74, 6) is 0.720. The Labute approximate surface area is 163 Å². The number of likely N-dealkylation sites (tertiary alicyclic amines) is 1. The van der Waals surface area contributed by atoms with E-state index >= 15 is 0 Å². The molecule has 27 heavy (non-hydrogen) atoms. The van der Waals surface area contributed by atoms with E-state index in [0.717, 1.165) is 42.9 Å². The second kappa shape index (κ2) is 7.68. The average molecular weight is 382 g/mol. The van der Waals surface area contributed by atoms with Crippen LogP contribution >= 0.6 is 11.8 Å². The zero-order chi connectivity index (χ0) is 18.8. The maximum Gasteiger partial charge on any atom is 0.253 e. The number of amides is 1. The van der Waals surface area contributed by atoms with Crippen LogP contribution in [0.5, 0.6) is 0 Å². The summed E-state index contributed by atoms with van der Waals surface area (Å²) >= 11 is 1.41. The molecule has 1 aliphatic heterocycles. The average Bonchev–Trinajstić information content (AvgIpc) is 3.10. The number of fused-ring (bicyclic) bond motifs is 1. The Morgan fingerprint density at radius 2 is 1.81 bits per heavy atom. The number of thioether (sulfide) groups is 1. The van der Waals surface area contributed by atoms with Crippen LogP contribution in [0.1, 0.15) is 41.5 Å². The zero-order valence-electron chi connectivity index (χ0n) is 15.6. The lowest BCUT2D eigenvalue weighted by molar-refractivity contribution is -0.131. The summed E-state index contributed by atoms with van der Waals surface area (Å²) in [5.41, 5.74) is 2.88. The van der Waals surface area contributed by atoms with Crippen LogP contribution in [0.25, 0.3) is 5.78 Å². The minimum absolute atomic E-state index is 0.144. The number of carbonyl (C=O) groups excluding carboxylic acids is 1. The molecule has 4 rings (SSSR count). The molecule has 3 heterocycles. The van der Waals surface area contributed by atoms with Gasteiger partial charge in [-0.2, -0.15) is 4.98 Å². The SMILES string of the molecule is Cc1cc(C)n2nc(S[C@H](C(=O)N3CCCCC3)c3ccccc3)nc2n1. The predicted octanol–water partition coefficient (Wildman–Crippen LogP) is 3.59. The molecule has 1 amide bonds. The second-order valence-electron chi connectivity index (χ2n) is 6.94. The van der Waals surface area contributed by atoms with Crippen molar-refractivity contribution < 1.29 is 4.79 Å². The van der Waals surface area contributed by atoms with Gasteiger partial charge < -0.3 is 4.90 Å². The summed E-state index contributed by atoms with van der Waals surface area (Å²) < 4.78 is 1.74. The minimum Gasteiger partial charge on any atom is -0.341 e. The fourth-order valence-electron chi connectivity index (χ4n) is 3.47. The van der Waals surface area contributed by atoms with E-state index in [1.54, 1.807) is 4.52 Å². The summed E-state index contributed by atoms with van der Waals surface area (Å²) in [5, 5.41) is 4.82. The Bertz CT molecular complexity index is 950. The van der Waals surface area contributed by atoms with Crippen LogP contribution in [-0.4, -0.2) is 43.5 Å². The lowest BCUT2D eigenvalue weighted by Gasteiger charge is -2.30. The quantitative estimate of drug-likeness (QED) is 0.646. The largest absolute Gasteiger partial charge is 0.341 e. The fourth-order valence-corrected chi connectivity index (χ4v) is 4.49. The summed E-state index contributed by atoms with van der Waals surface area (Å²) in [6.07, 6.45) is 3.35. The number of piperidine rings is 1. The smallest absolute Gasteiger partial charge is 0.253 e. The molecule has 0 unspecified atom stereocenters. The third kappa shape index (κ3) is 3.83. The second-order valence-corrected chi connectivity index (χ2v) is 8.01. The van der Waals surface area contributed by atoms with Crippen molar-refractivity contribution in [1.29, 1.82) is 0 Å². The Kier molecular flexibility index (Phi) is 5.11. The molecule has 1 aliphatic rings. The Hall–Kier alpha value is -2.41. The van der Waals surface area contributed by atoms with E-state index in [-0.39, 0.29) is 11.2 Å². The van der Waals surface area contributed by atoms with Crippen molar-refractivity contribution in [3.63, 3.8) is 0 Å². The van der Waals surface area contributed by atoms with E-state index in [1.807, 2.05) is 55.1 Å². The van der Waals surface area contributed by atoms with Crippen LogP contribution in [0.2, 0.25) is 0 Å². The molecule has 1 fully saturated rings. The fraction of sp³-hybridized carbons (Fsp3) is 0.400. The molecule has 0 aliphatic carbocycles. The minimum atomic E-state index is -0.344. The van der Waals surface area contributed by atoms with E-state index in [0.29, 0.717) is 10.9 Å². The van der Waals surface area contributed by atoms with Gasteiger partial charge in [-0.25, -0.2) is 9.50 Å². The highest BCUT2D eigenvalue weighted by Crippen LogP contribution is 2.36. The first kappa shape index (κ1) is 18.0. The number of hydrogen-bond donors (Lipinski definition) is 0. The van der Waals surface area contributed by atoms with E-state index in [9.17, 15) is 4.79 Å². The summed E-state index contributed by atoms with van der Waals surface area (Å²) in [7, 11) is 0. The van der Waals surface area contributed by atoms with Crippen LogP contribution in [0, 0.1) is 13.8 Å². The van der Waals surface area contributed by atoms with Gasteiger partial charge in [0.1, 0.15) is 5.25 Å². The number of aryl methyl sites for hydroxylation is 2. The molecule has 1 atom stereocenters. The first-order valence-corrected chi connectivity index (χ1v) is 10.2. The molecular formula is C20H23N5OS. The molecule has 3 aromatic rings. The van der Waals surface area contributed by atoms with Gasteiger partial charge in [0.25, 0.3) is 5.78 Å². The van der Waals surface area contributed by atoms with Gasteiger partial charge in [0.2, 0.25) is 11.1 Å². The first-order chi connectivity index (χ1) is 13.1. The Morgan fingerprint density at radius 1 is 1.07 bits per heavy atom. The van der Waals surface area contributed by atoms with Crippen LogP contribution < -0.4 is 0 Å². The van der Waals surface area contributed by atoms with Gasteiger partial charge >= 0.3 is 0 Å². The van der Waals surface area contributed by atoms with Gasteiger partial charge in [0.05, 0.1) is 0 Å². The van der Waals surface area contributed by atoms with Gasteiger partial charge in [-0.3, -0.25) is 4.79 Å². The van der Waals surface area contributed by atoms with Crippen LogP contribution in [-0.2, 0) is 4.79 Å². The first-order valence-electron chi connectivity index (χ1n) is 9.33. The third-order valence-corrected chi connectivity index (χ3v) is 5.91. The Morgan fingerprint density at radius 3 is 2.56 bits per heavy atom. The van der Waals surface area contributed by atoms with E-state index in [4.69, 9.17) is 0 Å². The molecule has 0 N–H and O–H groups in total. The number of aromatic nitrogens is 4. The summed E-state index contributed by atoms with van der Waals surface area (Å²) in [6, 6.07) is 11.9. The van der Waals surface area contributed by atoms with Crippen LogP contribution in [0.3, 0.4) is 0 Å². The number of nitrogens with zero attached hydrogens (tertiary/aromatic N) is 5. The highest BCUT2D eigenvalue weighted by atomic mass is 32.2. The highest BCUT2D eigenvalue weighted by Gasteiger charge is 2.29. The van der Waals surface area contributed by atoms with Gasteiger partial charge in [0.15, 0.2) is 0 Å². The molecule has 1 saturated heterocycles. The standard InChI is InChI=1S/C20H23N5OS/c1-14-13-15(2)25-19(21-14)22-20(23-25)27-17(16-9-5-3-6-10-16)18(26)24-11-7-4-8-12-24/h3,5-6,9-10,13,17H,4,7-8,11-12H2,1-2H3/t17-/m0/s1. The van der Waals surface area contributed by atoms with Gasteiger partial charge in [0, 0.05) is 24.5 Å². The van der Waals surface area contributed by atoms with Gasteiger partial charge in [-0.05, 0) is 44.7 Å². The van der Waals surface area contributed by atoms with Gasteiger partial charge in [-0.15, -0.1) is 5.10 Å². The third-order valence-electron chi connectivity index (χ3n) is 4.82. The van der Waals surface area contributed by atoms with Crippen LogP contribution in [0.15, 0.2) is 41.6 Å². The molecule has 6 nitrogen and oxygen atoms in total. The highest BCUT2D eigenvalue weighted by molar-refractivity contribution is 8.00. The van der Waals surface area contributed by atoms with Crippen molar-refractivity contribution in [2.24, 2.45) is 0 Å². The summed E-state index contributed by atoms with van der Waals surface area (Å²) in [4.78, 5) is 24.3. The zero-order valence-corrected chi connectivity index (χ0v) is 16.4. The molecule has 0 saturated carbocycles. The molecule has 140 valence electrons. The van der Waals surface area contributed by atoms with Crippen molar-refractivity contribution in [2.45, 2.75) is 43.5 Å². The Balaban J connectivity index is 1.67. The maximum atomic E-state index is 13.3. The molecule has 0 radical (unpaired) electrons. The van der Waals surface area contributed by atoms with Crippen molar-refractivity contribution in [1.82, 2.24) is 24.5 Å². The molecule has 7 heteroatoms. The maximum absolute atomic E-state index is 13.3. The normalized spacial score (nSPS) is 15.9. The van der Waals surface area contributed by atoms with E-state index in [2.05, 4.69) is 15.1 Å². The van der Waals surface area contributed by atoms with E-state index in [1.165, 1.54) is 18.2 Å². The lowest BCUT2D eigenvalue weighted by Crippen LogP contribution is -2.38. The van der Waals surface area contributed by atoms with Crippen molar-refractivity contribution in [3.8, 4) is 0 Å². The topological polar surface area (TPSA) is 63.4 Å². The molecule has 1 aromatic carbocycles. The lowest BCUT2D eigenvalue weighted by atomic mass is 10.1. The van der Waals surface area contributed by atoms with Crippen molar-refractivity contribution >= 4 is 23.4 Å². The predicted molar refractivity (Wildman–Crippen MR) is 106 cm³/mol. The van der Waals surface area contributed by atoms with Crippen LogP contribution in [0.4, 0.5) is 0 Å². The van der Waals surface area contributed by atoms with E-state index < -0.39 is 0 Å². The number of hydrogen-bond acceptors (Lipinski definition) is 5. The molecule has 0 bridgehead atoms. The number of carbonyl (C=O) groups is 1. The summed E-state index contributed by atoms with van der Waals surface area (Å²) in [6.45, 7) is 5.60. The van der Waals surface area contributed by atoms with Crippen molar-refractivity contribution in [2.75, 3.05) is 13.1 Å².